The molecule has 0 fully saturated rings. The number of carbonyl (C=O) groups is 1. The summed E-state index contributed by atoms with van der Waals surface area (Å²) in [6, 6.07) is 0. The molecule has 0 aromatic carbocycles. The molecular weight excluding hydrogens is 236 g/mol. The van der Waals surface area contributed by atoms with Crippen molar-refractivity contribution in [2.75, 3.05) is 6.61 Å². The highest BCUT2D eigenvalue weighted by Gasteiger charge is 2.14. The van der Waals surface area contributed by atoms with Crippen LogP contribution in [0.4, 0.5) is 0 Å². The van der Waals surface area contributed by atoms with Crippen LogP contribution in [-0.4, -0.2) is 12.6 Å². The van der Waals surface area contributed by atoms with Gasteiger partial charge in [0.2, 0.25) is 0 Å². The van der Waals surface area contributed by atoms with Crippen molar-refractivity contribution in [1.29, 1.82) is 0 Å². The summed E-state index contributed by atoms with van der Waals surface area (Å²) in [4.78, 5) is 11.8. The van der Waals surface area contributed by atoms with Crippen LogP contribution in [0.1, 0.15) is 85.5 Å². The number of hydrogen-bond acceptors (Lipinski definition) is 2. The maximum atomic E-state index is 11.8. The number of unbranched alkanes of at least 4 members (excludes halogenated alkanes) is 2. The maximum absolute atomic E-state index is 11.8. The predicted octanol–water partition coefficient (Wildman–Crippen LogP) is 5.35. The van der Waals surface area contributed by atoms with E-state index in [-0.39, 0.29) is 5.97 Å². The summed E-state index contributed by atoms with van der Waals surface area (Å²) in [5, 5.41) is 0. The molecule has 19 heavy (non-hydrogen) atoms. The number of esters is 1. The second kappa shape index (κ2) is 12.5. The van der Waals surface area contributed by atoms with Gasteiger partial charge in [-0.25, -0.2) is 0 Å². The molecule has 0 amide bonds. The Balaban J connectivity index is 3.87. The topological polar surface area (TPSA) is 26.3 Å². The molecular formula is C17H34O2. The van der Waals surface area contributed by atoms with Crippen LogP contribution >= 0.6 is 0 Å². The van der Waals surface area contributed by atoms with E-state index in [1.54, 1.807) is 0 Å². The van der Waals surface area contributed by atoms with Crippen molar-refractivity contribution in [3.05, 3.63) is 0 Å². The van der Waals surface area contributed by atoms with Crippen LogP contribution < -0.4 is 0 Å². The minimum atomic E-state index is 0.0119. The summed E-state index contributed by atoms with van der Waals surface area (Å²) in [7, 11) is 0. The second-order valence-electron chi connectivity index (χ2n) is 5.72. The van der Waals surface area contributed by atoms with Gasteiger partial charge in [-0.3, -0.25) is 4.79 Å². The van der Waals surface area contributed by atoms with Gasteiger partial charge in [0.15, 0.2) is 0 Å². The van der Waals surface area contributed by atoms with Crippen LogP contribution in [0.2, 0.25) is 0 Å². The Morgan fingerprint density at radius 1 is 0.895 bits per heavy atom. The molecule has 114 valence electrons. The molecule has 0 aliphatic rings. The fourth-order valence-electron chi connectivity index (χ4n) is 2.35. The molecule has 0 aliphatic heterocycles. The standard InChI is InChI=1S/C17H34O2/c1-5-9-11-15(7-3)13-17(18)19-14-16(8-4)12-10-6-2/h15-16H,5-14H2,1-4H3. The quantitative estimate of drug-likeness (QED) is 0.447. The molecule has 0 saturated carbocycles. The van der Waals surface area contributed by atoms with Gasteiger partial charge < -0.3 is 4.74 Å². The number of ether oxygens (including phenoxy) is 1. The zero-order valence-electron chi connectivity index (χ0n) is 13.5. The molecule has 0 radical (unpaired) electrons. The third kappa shape index (κ3) is 9.98. The lowest BCUT2D eigenvalue weighted by Crippen LogP contribution is -2.16. The van der Waals surface area contributed by atoms with E-state index >= 15 is 0 Å². The van der Waals surface area contributed by atoms with E-state index < -0.39 is 0 Å². The lowest BCUT2D eigenvalue weighted by atomic mass is 9.96. The van der Waals surface area contributed by atoms with Gasteiger partial charge >= 0.3 is 5.97 Å². The van der Waals surface area contributed by atoms with E-state index in [2.05, 4.69) is 27.7 Å². The highest BCUT2D eigenvalue weighted by Crippen LogP contribution is 2.18. The van der Waals surface area contributed by atoms with E-state index in [0.717, 1.165) is 19.3 Å². The van der Waals surface area contributed by atoms with E-state index in [9.17, 15) is 4.79 Å². The lowest BCUT2D eigenvalue weighted by molar-refractivity contribution is -0.146. The molecule has 0 spiro atoms. The van der Waals surface area contributed by atoms with Gasteiger partial charge in [0, 0.05) is 6.42 Å². The summed E-state index contributed by atoms with van der Waals surface area (Å²) >= 11 is 0. The van der Waals surface area contributed by atoms with Crippen molar-refractivity contribution in [2.45, 2.75) is 85.5 Å². The van der Waals surface area contributed by atoms with E-state index in [1.165, 1.54) is 32.1 Å². The minimum absolute atomic E-state index is 0.0119. The normalized spacial score (nSPS) is 14.1. The Labute approximate surface area is 120 Å². The molecule has 2 atom stereocenters. The first kappa shape index (κ1) is 18.5. The summed E-state index contributed by atoms with van der Waals surface area (Å²) in [5.41, 5.74) is 0. The summed E-state index contributed by atoms with van der Waals surface area (Å²) in [6.07, 6.45) is 10.1. The van der Waals surface area contributed by atoms with Gasteiger partial charge in [-0.2, -0.15) is 0 Å². The van der Waals surface area contributed by atoms with Gasteiger partial charge in [0.25, 0.3) is 0 Å². The van der Waals surface area contributed by atoms with Gasteiger partial charge in [-0.15, -0.1) is 0 Å². The first-order valence-electron chi connectivity index (χ1n) is 8.33. The molecule has 0 aromatic heterocycles. The first-order chi connectivity index (χ1) is 9.17. The Morgan fingerprint density at radius 2 is 1.42 bits per heavy atom. The van der Waals surface area contributed by atoms with Crippen molar-refractivity contribution in [3.8, 4) is 0 Å². The van der Waals surface area contributed by atoms with Crippen molar-refractivity contribution in [1.82, 2.24) is 0 Å². The van der Waals surface area contributed by atoms with Gasteiger partial charge in [0.05, 0.1) is 6.61 Å². The first-order valence-corrected chi connectivity index (χ1v) is 8.33. The molecule has 0 rings (SSSR count). The van der Waals surface area contributed by atoms with Crippen molar-refractivity contribution < 1.29 is 9.53 Å². The zero-order chi connectivity index (χ0) is 14.5. The third-order valence-electron chi connectivity index (χ3n) is 4.02. The van der Waals surface area contributed by atoms with Crippen LogP contribution in [0, 0.1) is 11.8 Å². The second-order valence-corrected chi connectivity index (χ2v) is 5.72. The predicted molar refractivity (Wildman–Crippen MR) is 82.2 cm³/mol. The number of rotatable bonds is 12. The van der Waals surface area contributed by atoms with E-state index in [0.29, 0.717) is 24.9 Å². The number of carbonyl (C=O) groups excluding carboxylic acids is 1. The maximum Gasteiger partial charge on any atom is 0.306 e. The Bertz CT molecular complexity index is 213. The largest absolute Gasteiger partial charge is 0.465 e. The molecule has 2 heteroatoms. The zero-order valence-corrected chi connectivity index (χ0v) is 13.5. The molecule has 0 heterocycles. The van der Waals surface area contributed by atoms with Crippen LogP contribution in [0.15, 0.2) is 0 Å². The van der Waals surface area contributed by atoms with Crippen LogP contribution in [0.3, 0.4) is 0 Å². The number of hydrogen-bond donors (Lipinski definition) is 0. The fourth-order valence-corrected chi connectivity index (χ4v) is 2.35. The monoisotopic (exact) mass is 270 g/mol. The third-order valence-corrected chi connectivity index (χ3v) is 4.02. The minimum Gasteiger partial charge on any atom is -0.465 e. The molecule has 0 N–H and O–H groups in total. The molecule has 0 aromatic rings. The Kier molecular flexibility index (Phi) is 12.2. The van der Waals surface area contributed by atoms with Crippen LogP contribution in [0.5, 0.6) is 0 Å². The molecule has 2 unspecified atom stereocenters. The van der Waals surface area contributed by atoms with Crippen LogP contribution in [0.25, 0.3) is 0 Å². The van der Waals surface area contributed by atoms with Gasteiger partial charge in [0.1, 0.15) is 0 Å². The molecule has 0 saturated heterocycles. The van der Waals surface area contributed by atoms with Gasteiger partial charge in [-0.05, 0) is 24.7 Å². The summed E-state index contributed by atoms with van der Waals surface area (Å²) in [5.74, 6) is 1.08. The van der Waals surface area contributed by atoms with Crippen LogP contribution in [-0.2, 0) is 9.53 Å². The lowest BCUT2D eigenvalue weighted by Gasteiger charge is -2.17. The fraction of sp³-hybridized carbons (Fsp3) is 0.941. The average molecular weight is 270 g/mol. The van der Waals surface area contributed by atoms with E-state index in [1.807, 2.05) is 0 Å². The highest BCUT2D eigenvalue weighted by molar-refractivity contribution is 5.69. The summed E-state index contributed by atoms with van der Waals surface area (Å²) < 4.78 is 5.47. The molecule has 0 aliphatic carbocycles. The smallest absolute Gasteiger partial charge is 0.306 e. The van der Waals surface area contributed by atoms with E-state index in [4.69, 9.17) is 4.74 Å². The Hall–Kier alpha value is -0.530. The van der Waals surface area contributed by atoms with Crippen molar-refractivity contribution in [3.63, 3.8) is 0 Å². The molecule has 2 nitrogen and oxygen atoms in total. The summed E-state index contributed by atoms with van der Waals surface area (Å²) in [6.45, 7) is 9.39. The highest BCUT2D eigenvalue weighted by atomic mass is 16.5. The van der Waals surface area contributed by atoms with Gasteiger partial charge in [-0.1, -0.05) is 66.2 Å². The van der Waals surface area contributed by atoms with Crippen molar-refractivity contribution in [2.24, 2.45) is 11.8 Å². The van der Waals surface area contributed by atoms with Crippen molar-refractivity contribution >= 4 is 5.97 Å². The Morgan fingerprint density at radius 3 is 1.89 bits per heavy atom. The molecule has 0 bridgehead atoms. The average Bonchev–Trinajstić information content (AvgIpc) is 2.43. The SMILES string of the molecule is CCCCC(CC)COC(=O)CC(CC)CCCC.